The number of amides is 1. The third-order valence-electron chi connectivity index (χ3n) is 5.02. The molecule has 2 aromatic carbocycles. The zero-order valence-corrected chi connectivity index (χ0v) is 18.4. The van der Waals surface area contributed by atoms with Crippen LogP contribution in [0.5, 0.6) is 11.5 Å². The number of esters is 1. The molecular formula is C23H22ClN3O5. The fraction of sp³-hybridized carbons (Fsp3) is 0.261. The molecule has 0 unspecified atom stereocenters. The highest BCUT2D eigenvalue weighted by Gasteiger charge is 2.21. The number of anilines is 1. The lowest BCUT2D eigenvalue weighted by Crippen LogP contribution is -2.22. The van der Waals surface area contributed by atoms with Crippen LogP contribution in [0.2, 0.25) is 5.02 Å². The first-order valence-corrected chi connectivity index (χ1v) is 10.4. The van der Waals surface area contributed by atoms with E-state index in [1.807, 2.05) is 18.2 Å². The smallest absolute Gasteiger partial charge is 0.342 e. The first-order valence-electron chi connectivity index (χ1n) is 10.1. The molecule has 0 radical (unpaired) electrons. The van der Waals surface area contributed by atoms with E-state index in [4.69, 9.17) is 25.8 Å². The Labute approximate surface area is 190 Å². The number of benzene rings is 2. The van der Waals surface area contributed by atoms with E-state index < -0.39 is 18.5 Å². The molecule has 1 amide bonds. The van der Waals surface area contributed by atoms with E-state index in [1.54, 1.807) is 42.8 Å². The van der Waals surface area contributed by atoms with Crippen LogP contribution in [0.15, 0.2) is 42.5 Å². The quantitative estimate of drug-likeness (QED) is 0.569. The predicted octanol–water partition coefficient (Wildman–Crippen LogP) is 3.77. The van der Waals surface area contributed by atoms with Crippen LogP contribution in [0.4, 0.5) is 5.69 Å². The second kappa shape index (κ2) is 9.32. The first kappa shape index (κ1) is 21.7. The van der Waals surface area contributed by atoms with Gasteiger partial charge in [0, 0.05) is 16.8 Å². The van der Waals surface area contributed by atoms with E-state index in [1.165, 1.54) is 0 Å². The van der Waals surface area contributed by atoms with Gasteiger partial charge in [-0.2, -0.15) is 5.10 Å². The summed E-state index contributed by atoms with van der Waals surface area (Å²) < 4.78 is 17.9. The number of hydrogen-bond donors (Lipinski definition) is 1. The molecule has 8 nitrogen and oxygen atoms in total. The molecule has 3 aromatic rings. The van der Waals surface area contributed by atoms with Crippen molar-refractivity contribution >= 4 is 29.2 Å². The lowest BCUT2D eigenvalue weighted by molar-refractivity contribution is -0.119. The van der Waals surface area contributed by atoms with Gasteiger partial charge in [-0.15, -0.1) is 0 Å². The first-order chi connectivity index (χ1) is 15.4. The number of halogens is 1. The molecule has 0 saturated carbocycles. The highest BCUT2D eigenvalue weighted by molar-refractivity contribution is 6.31. The maximum atomic E-state index is 12.6. The van der Waals surface area contributed by atoms with Gasteiger partial charge in [0.25, 0.3) is 5.91 Å². The fourth-order valence-corrected chi connectivity index (χ4v) is 3.65. The number of nitrogens with zero attached hydrogens (tertiary/aromatic N) is 2. The van der Waals surface area contributed by atoms with Crippen molar-refractivity contribution in [2.45, 2.75) is 20.4 Å². The van der Waals surface area contributed by atoms with Crippen LogP contribution in [0.25, 0.3) is 0 Å². The highest BCUT2D eigenvalue weighted by Crippen LogP contribution is 2.32. The molecule has 0 atom stereocenters. The minimum Gasteiger partial charge on any atom is -0.486 e. The largest absolute Gasteiger partial charge is 0.486 e. The molecule has 32 heavy (non-hydrogen) atoms. The van der Waals surface area contributed by atoms with Crippen molar-refractivity contribution in [2.75, 3.05) is 25.1 Å². The molecule has 9 heteroatoms. The second-order valence-electron chi connectivity index (χ2n) is 7.28. The molecule has 166 valence electrons. The van der Waals surface area contributed by atoms with E-state index in [9.17, 15) is 9.59 Å². The standard InChI is InChI=1S/C23H22ClN3O5/c1-14-22(15(2)27(26-14)12-16-5-3-4-6-18(16)24)23(29)32-13-21(28)25-17-7-8-19-20(11-17)31-10-9-30-19/h3-8,11H,9-10,12-13H2,1-2H3,(H,25,28). The second-order valence-corrected chi connectivity index (χ2v) is 7.68. The van der Waals surface area contributed by atoms with Crippen molar-refractivity contribution in [3.63, 3.8) is 0 Å². The minimum absolute atomic E-state index is 0.337. The van der Waals surface area contributed by atoms with Crippen LogP contribution in [0.1, 0.15) is 27.3 Å². The van der Waals surface area contributed by atoms with Gasteiger partial charge in [-0.3, -0.25) is 9.48 Å². The van der Waals surface area contributed by atoms with Crippen molar-refractivity contribution in [2.24, 2.45) is 0 Å². The van der Waals surface area contributed by atoms with E-state index in [0.717, 1.165) is 5.56 Å². The van der Waals surface area contributed by atoms with Crippen LogP contribution in [0.3, 0.4) is 0 Å². The number of aromatic nitrogens is 2. The van der Waals surface area contributed by atoms with Crippen LogP contribution < -0.4 is 14.8 Å². The van der Waals surface area contributed by atoms with Gasteiger partial charge in [-0.05, 0) is 37.6 Å². The number of carbonyl (C=O) groups excluding carboxylic acids is 2. The lowest BCUT2D eigenvalue weighted by Gasteiger charge is -2.19. The van der Waals surface area contributed by atoms with E-state index in [0.29, 0.717) is 58.9 Å². The van der Waals surface area contributed by atoms with E-state index in [2.05, 4.69) is 10.4 Å². The average molecular weight is 456 g/mol. The topological polar surface area (TPSA) is 91.7 Å². The maximum Gasteiger partial charge on any atom is 0.342 e. The van der Waals surface area contributed by atoms with Crippen LogP contribution in [-0.2, 0) is 16.1 Å². The maximum absolute atomic E-state index is 12.6. The molecular weight excluding hydrogens is 434 g/mol. The van der Waals surface area contributed by atoms with Crippen molar-refractivity contribution in [1.29, 1.82) is 0 Å². The number of rotatable bonds is 6. The normalized spacial score (nSPS) is 12.3. The van der Waals surface area contributed by atoms with Gasteiger partial charge in [-0.25, -0.2) is 4.79 Å². The molecule has 0 fully saturated rings. The van der Waals surface area contributed by atoms with Gasteiger partial charge in [0.2, 0.25) is 0 Å². The molecule has 2 heterocycles. The Morgan fingerprint density at radius 3 is 2.66 bits per heavy atom. The van der Waals surface area contributed by atoms with Crippen molar-refractivity contribution in [3.05, 3.63) is 70.0 Å². The third kappa shape index (κ3) is 4.70. The average Bonchev–Trinajstić information content (AvgIpc) is 3.06. The summed E-state index contributed by atoms with van der Waals surface area (Å²) in [4.78, 5) is 24.9. The van der Waals surface area contributed by atoms with Crippen molar-refractivity contribution < 1.29 is 23.8 Å². The van der Waals surface area contributed by atoms with E-state index >= 15 is 0 Å². The third-order valence-corrected chi connectivity index (χ3v) is 5.39. The van der Waals surface area contributed by atoms with Crippen LogP contribution in [-0.4, -0.2) is 41.5 Å². The summed E-state index contributed by atoms with van der Waals surface area (Å²) in [5.74, 6) is 0.111. The van der Waals surface area contributed by atoms with Crippen LogP contribution >= 0.6 is 11.6 Å². The molecule has 1 aliphatic heterocycles. The molecule has 1 N–H and O–H groups in total. The molecule has 4 rings (SSSR count). The monoisotopic (exact) mass is 455 g/mol. The Bertz CT molecular complexity index is 1170. The fourth-order valence-electron chi connectivity index (χ4n) is 3.46. The zero-order valence-electron chi connectivity index (χ0n) is 17.7. The van der Waals surface area contributed by atoms with Gasteiger partial charge in [0.1, 0.15) is 18.8 Å². The highest BCUT2D eigenvalue weighted by atomic mass is 35.5. The SMILES string of the molecule is Cc1nn(Cc2ccccc2Cl)c(C)c1C(=O)OCC(=O)Nc1ccc2c(c1)OCCO2. The summed E-state index contributed by atoms with van der Waals surface area (Å²) in [7, 11) is 0. The number of carbonyl (C=O) groups is 2. The minimum atomic E-state index is -0.609. The number of fused-ring (bicyclic) bond motifs is 1. The number of ether oxygens (including phenoxy) is 3. The summed E-state index contributed by atoms with van der Waals surface area (Å²) in [6.07, 6.45) is 0. The number of nitrogens with one attached hydrogen (secondary N) is 1. The Morgan fingerprint density at radius 1 is 1.12 bits per heavy atom. The van der Waals surface area contributed by atoms with E-state index in [-0.39, 0.29) is 0 Å². The molecule has 0 saturated heterocycles. The summed E-state index contributed by atoms with van der Waals surface area (Å²) in [6, 6.07) is 12.5. The summed E-state index contributed by atoms with van der Waals surface area (Å²) in [6.45, 7) is 4.43. The Hall–Kier alpha value is -3.52. The Balaban J connectivity index is 1.38. The molecule has 0 spiro atoms. The van der Waals surface area contributed by atoms with Crippen molar-refractivity contribution in [3.8, 4) is 11.5 Å². The van der Waals surface area contributed by atoms with Gasteiger partial charge >= 0.3 is 5.97 Å². The van der Waals surface area contributed by atoms with Gasteiger partial charge in [0.05, 0.1) is 17.9 Å². The lowest BCUT2D eigenvalue weighted by atomic mass is 10.2. The predicted molar refractivity (Wildman–Crippen MR) is 119 cm³/mol. The van der Waals surface area contributed by atoms with Gasteiger partial charge in [0.15, 0.2) is 18.1 Å². The van der Waals surface area contributed by atoms with Gasteiger partial charge < -0.3 is 19.5 Å². The molecule has 1 aliphatic rings. The van der Waals surface area contributed by atoms with Crippen LogP contribution in [0, 0.1) is 13.8 Å². The molecule has 0 bridgehead atoms. The number of aryl methyl sites for hydroxylation is 1. The summed E-state index contributed by atoms with van der Waals surface area (Å²) in [5, 5.41) is 7.74. The zero-order chi connectivity index (χ0) is 22.7. The number of hydrogen-bond acceptors (Lipinski definition) is 6. The Kier molecular flexibility index (Phi) is 6.32. The van der Waals surface area contributed by atoms with Gasteiger partial charge in [-0.1, -0.05) is 29.8 Å². The Morgan fingerprint density at radius 2 is 1.88 bits per heavy atom. The molecule has 0 aliphatic carbocycles. The van der Waals surface area contributed by atoms with Crippen molar-refractivity contribution in [1.82, 2.24) is 9.78 Å². The summed E-state index contributed by atoms with van der Waals surface area (Å²) >= 11 is 6.23. The molecule has 1 aromatic heterocycles. The summed E-state index contributed by atoms with van der Waals surface area (Å²) in [5.41, 5.74) is 2.91.